The molecule has 1 aromatic heterocycles. The van der Waals surface area contributed by atoms with Crippen molar-refractivity contribution in [3.8, 4) is 6.07 Å². The zero-order chi connectivity index (χ0) is 13.8. The molecule has 1 unspecified atom stereocenters. The number of nitriles is 1. The van der Waals surface area contributed by atoms with Gasteiger partial charge in [0, 0.05) is 25.8 Å². The Morgan fingerprint density at radius 3 is 2.95 bits per heavy atom. The smallest absolute Gasteiger partial charge is 0.255 e. The summed E-state index contributed by atoms with van der Waals surface area (Å²) in [6.07, 6.45) is 3.63. The summed E-state index contributed by atoms with van der Waals surface area (Å²) >= 11 is 0. The molecule has 0 saturated carbocycles. The van der Waals surface area contributed by atoms with Crippen molar-refractivity contribution in [2.45, 2.75) is 18.9 Å². The maximum absolute atomic E-state index is 12.3. The van der Waals surface area contributed by atoms with Crippen molar-refractivity contribution in [3.63, 3.8) is 0 Å². The van der Waals surface area contributed by atoms with E-state index < -0.39 is 0 Å². The highest BCUT2D eigenvalue weighted by molar-refractivity contribution is 5.94. The molecule has 0 N–H and O–H groups in total. The van der Waals surface area contributed by atoms with Gasteiger partial charge in [0.15, 0.2) is 0 Å². The van der Waals surface area contributed by atoms with Gasteiger partial charge >= 0.3 is 0 Å². The van der Waals surface area contributed by atoms with E-state index in [1.54, 1.807) is 17.0 Å². The highest BCUT2D eigenvalue weighted by Gasteiger charge is 2.25. The Labute approximate surface area is 113 Å². The molecule has 1 aromatic rings. The second-order valence-corrected chi connectivity index (χ2v) is 5.02. The van der Waals surface area contributed by atoms with Crippen molar-refractivity contribution >= 4 is 5.91 Å². The van der Waals surface area contributed by atoms with Gasteiger partial charge in [-0.15, -0.1) is 0 Å². The van der Waals surface area contributed by atoms with Gasteiger partial charge in [-0.2, -0.15) is 5.26 Å². The molecule has 1 aliphatic heterocycles. The fraction of sp³-hybridized carbons (Fsp3) is 0.500. The summed E-state index contributed by atoms with van der Waals surface area (Å²) in [7, 11) is 3.91. The summed E-state index contributed by atoms with van der Waals surface area (Å²) in [5, 5.41) is 8.70. The SMILES string of the molecule is CN1CCCC(N(C)C(=O)c2ccc(C#N)nc2)C1. The summed E-state index contributed by atoms with van der Waals surface area (Å²) in [5.74, 6) is -0.0303. The third-order valence-electron chi connectivity index (χ3n) is 3.59. The van der Waals surface area contributed by atoms with E-state index >= 15 is 0 Å². The largest absolute Gasteiger partial charge is 0.337 e. The Balaban J connectivity index is 2.07. The van der Waals surface area contributed by atoms with E-state index in [0.29, 0.717) is 11.3 Å². The quantitative estimate of drug-likeness (QED) is 0.797. The van der Waals surface area contributed by atoms with Crippen LogP contribution in [-0.2, 0) is 0 Å². The molecule has 0 aliphatic carbocycles. The van der Waals surface area contributed by atoms with E-state index in [1.807, 2.05) is 13.1 Å². The van der Waals surface area contributed by atoms with Crippen molar-refractivity contribution in [1.29, 1.82) is 5.26 Å². The Morgan fingerprint density at radius 1 is 1.58 bits per heavy atom. The number of amides is 1. The monoisotopic (exact) mass is 258 g/mol. The lowest BCUT2D eigenvalue weighted by Crippen LogP contribution is -2.47. The first-order chi connectivity index (χ1) is 9.11. The van der Waals surface area contributed by atoms with E-state index in [4.69, 9.17) is 5.26 Å². The van der Waals surface area contributed by atoms with Gasteiger partial charge < -0.3 is 9.80 Å². The fourth-order valence-electron chi connectivity index (χ4n) is 2.41. The predicted octanol–water partition coefficient (Wildman–Crippen LogP) is 1.12. The number of nitrogens with zero attached hydrogens (tertiary/aromatic N) is 4. The van der Waals surface area contributed by atoms with Crippen LogP contribution in [0.15, 0.2) is 18.3 Å². The van der Waals surface area contributed by atoms with Crippen molar-refractivity contribution in [1.82, 2.24) is 14.8 Å². The van der Waals surface area contributed by atoms with Crippen LogP contribution in [-0.4, -0.2) is 53.9 Å². The van der Waals surface area contributed by atoms with Crippen LogP contribution < -0.4 is 0 Å². The van der Waals surface area contributed by atoms with Gasteiger partial charge in [-0.05, 0) is 38.6 Å². The molecule has 1 atom stereocenters. The zero-order valence-electron chi connectivity index (χ0n) is 11.3. The molecule has 100 valence electrons. The Kier molecular flexibility index (Phi) is 4.13. The highest BCUT2D eigenvalue weighted by atomic mass is 16.2. The van der Waals surface area contributed by atoms with E-state index in [9.17, 15) is 4.79 Å². The number of hydrogen-bond donors (Lipinski definition) is 0. The van der Waals surface area contributed by atoms with Crippen LogP contribution in [0.5, 0.6) is 0 Å². The first-order valence-corrected chi connectivity index (χ1v) is 6.43. The number of likely N-dealkylation sites (N-methyl/N-ethyl adjacent to an activating group) is 2. The van der Waals surface area contributed by atoms with Crippen molar-refractivity contribution in [2.75, 3.05) is 27.2 Å². The number of carbonyl (C=O) groups is 1. The summed E-state index contributed by atoms with van der Waals surface area (Å²) < 4.78 is 0. The van der Waals surface area contributed by atoms with Crippen molar-refractivity contribution < 1.29 is 4.79 Å². The normalized spacial score (nSPS) is 19.7. The summed E-state index contributed by atoms with van der Waals surface area (Å²) in [6, 6.07) is 5.44. The van der Waals surface area contributed by atoms with Crippen LogP contribution in [0.25, 0.3) is 0 Å². The van der Waals surface area contributed by atoms with Gasteiger partial charge in [0.2, 0.25) is 0 Å². The molecule has 2 rings (SSSR count). The summed E-state index contributed by atoms with van der Waals surface area (Å²) in [5.41, 5.74) is 0.867. The molecule has 0 bridgehead atoms. The molecule has 1 aliphatic rings. The minimum atomic E-state index is -0.0303. The molecule has 0 aromatic carbocycles. The first-order valence-electron chi connectivity index (χ1n) is 6.43. The van der Waals surface area contributed by atoms with Gasteiger partial charge in [-0.3, -0.25) is 4.79 Å². The minimum absolute atomic E-state index is 0.0303. The molecular formula is C14H18N4O. The highest BCUT2D eigenvalue weighted by Crippen LogP contribution is 2.15. The van der Waals surface area contributed by atoms with Crippen molar-refractivity contribution in [2.24, 2.45) is 0 Å². The third kappa shape index (κ3) is 3.09. The summed E-state index contributed by atoms with van der Waals surface area (Å²) in [6.45, 7) is 2.00. The number of hydrogen-bond acceptors (Lipinski definition) is 4. The first kappa shape index (κ1) is 13.5. The van der Waals surface area contributed by atoms with Gasteiger partial charge in [-0.1, -0.05) is 0 Å². The zero-order valence-corrected chi connectivity index (χ0v) is 11.3. The Hall–Kier alpha value is -1.93. The lowest BCUT2D eigenvalue weighted by molar-refractivity contribution is 0.0643. The third-order valence-corrected chi connectivity index (χ3v) is 3.59. The molecule has 5 nitrogen and oxygen atoms in total. The number of likely N-dealkylation sites (tertiary alicyclic amines) is 1. The molecule has 19 heavy (non-hydrogen) atoms. The maximum Gasteiger partial charge on any atom is 0.255 e. The Bertz CT molecular complexity index is 491. The van der Waals surface area contributed by atoms with Crippen LogP contribution in [0.3, 0.4) is 0 Å². The van der Waals surface area contributed by atoms with Gasteiger partial charge in [0.25, 0.3) is 5.91 Å². The second-order valence-electron chi connectivity index (χ2n) is 5.02. The van der Waals surface area contributed by atoms with Gasteiger partial charge in [0.05, 0.1) is 5.56 Å². The van der Waals surface area contributed by atoms with E-state index in [1.165, 1.54) is 6.20 Å². The van der Waals surface area contributed by atoms with Crippen LogP contribution in [0.2, 0.25) is 0 Å². The molecular weight excluding hydrogens is 240 g/mol. The molecule has 1 amide bonds. The number of piperidine rings is 1. The summed E-state index contributed by atoms with van der Waals surface area (Å²) in [4.78, 5) is 20.3. The van der Waals surface area contributed by atoms with Gasteiger partial charge in [-0.25, -0.2) is 4.98 Å². The molecule has 0 spiro atoms. The number of pyridine rings is 1. The lowest BCUT2D eigenvalue weighted by atomic mass is 10.0. The molecule has 0 radical (unpaired) electrons. The number of aromatic nitrogens is 1. The van der Waals surface area contributed by atoms with E-state index in [2.05, 4.69) is 16.9 Å². The molecule has 5 heteroatoms. The van der Waals surface area contributed by atoms with E-state index in [0.717, 1.165) is 25.9 Å². The van der Waals surface area contributed by atoms with Gasteiger partial charge in [0.1, 0.15) is 11.8 Å². The average Bonchev–Trinajstić information content (AvgIpc) is 2.46. The van der Waals surface area contributed by atoms with Crippen LogP contribution >= 0.6 is 0 Å². The maximum atomic E-state index is 12.3. The standard InChI is InChI=1S/C14H18N4O/c1-17-7-3-4-13(10-17)18(2)14(19)11-5-6-12(8-15)16-9-11/h5-6,9,13H,3-4,7,10H2,1-2H3. The van der Waals surface area contributed by atoms with Crippen LogP contribution in [0, 0.1) is 11.3 Å². The molecule has 2 heterocycles. The number of carbonyl (C=O) groups excluding carboxylic acids is 1. The van der Waals surface area contributed by atoms with Crippen molar-refractivity contribution in [3.05, 3.63) is 29.6 Å². The minimum Gasteiger partial charge on any atom is -0.337 e. The van der Waals surface area contributed by atoms with E-state index in [-0.39, 0.29) is 11.9 Å². The van der Waals surface area contributed by atoms with Crippen LogP contribution in [0.1, 0.15) is 28.9 Å². The predicted molar refractivity (Wildman–Crippen MR) is 71.6 cm³/mol. The average molecular weight is 258 g/mol. The number of rotatable bonds is 2. The van der Waals surface area contributed by atoms with Crippen LogP contribution in [0.4, 0.5) is 0 Å². The topological polar surface area (TPSA) is 60.2 Å². The lowest BCUT2D eigenvalue weighted by Gasteiger charge is -2.35. The molecule has 1 saturated heterocycles. The fourth-order valence-corrected chi connectivity index (χ4v) is 2.41. The second kappa shape index (κ2) is 5.81. The molecule has 1 fully saturated rings. The Morgan fingerprint density at radius 2 is 2.37 bits per heavy atom.